The highest BCUT2D eigenvalue weighted by Crippen LogP contribution is 2.33. The molecule has 0 saturated heterocycles. The summed E-state index contributed by atoms with van der Waals surface area (Å²) in [7, 11) is -2.57. The first kappa shape index (κ1) is 24.9. The van der Waals surface area contributed by atoms with E-state index in [2.05, 4.69) is 5.32 Å². The van der Waals surface area contributed by atoms with Gasteiger partial charge in [-0.1, -0.05) is 59.1 Å². The smallest absolute Gasteiger partial charge is 0.264 e. The molecule has 0 saturated carbocycles. The van der Waals surface area contributed by atoms with Crippen molar-refractivity contribution in [3.8, 4) is 5.75 Å². The van der Waals surface area contributed by atoms with E-state index in [4.69, 9.17) is 27.9 Å². The van der Waals surface area contributed by atoms with Crippen molar-refractivity contribution in [3.05, 3.63) is 87.9 Å². The van der Waals surface area contributed by atoms with Gasteiger partial charge >= 0.3 is 0 Å². The van der Waals surface area contributed by atoms with Gasteiger partial charge < -0.3 is 10.1 Å². The minimum atomic E-state index is -4.11. The summed E-state index contributed by atoms with van der Waals surface area (Å²) in [6.07, 6.45) is 0. The summed E-state index contributed by atoms with van der Waals surface area (Å²) in [6, 6.07) is 17.7. The van der Waals surface area contributed by atoms with E-state index in [0.717, 1.165) is 15.4 Å². The topological polar surface area (TPSA) is 75.7 Å². The normalized spacial score (nSPS) is 12.2. The van der Waals surface area contributed by atoms with Crippen molar-refractivity contribution in [1.29, 1.82) is 0 Å². The molecule has 174 valence electrons. The van der Waals surface area contributed by atoms with E-state index in [1.165, 1.54) is 24.3 Å². The molecule has 1 atom stereocenters. The number of benzene rings is 3. The number of hydrogen-bond acceptors (Lipinski definition) is 4. The number of hydrogen-bond donors (Lipinski definition) is 1. The third-order valence-corrected chi connectivity index (χ3v) is 7.38. The number of nitrogens with zero attached hydrogens (tertiary/aromatic N) is 1. The zero-order valence-electron chi connectivity index (χ0n) is 18.4. The molecule has 0 aliphatic rings. The van der Waals surface area contributed by atoms with Crippen LogP contribution < -0.4 is 14.4 Å². The van der Waals surface area contributed by atoms with Crippen molar-refractivity contribution in [3.63, 3.8) is 0 Å². The number of amides is 1. The molecule has 0 bridgehead atoms. The Balaban J connectivity index is 1.95. The van der Waals surface area contributed by atoms with Gasteiger partial charge in [0.25, 0.3) is 10.0 Å². The molecule has 0 fully saturated rings. The molecule has 0 aliphatic carbocycles. The van der Waals surface area contributed by atoms with Crippen molar-refractivity contribution in [1.82, 2.24) is 5.32 Å². The lowest BCUT2D eigenvalue weighted by molar-refractivity contribution is -0.120. The predicted octanol–water partition coefficient (Wildman–Crippen LogP) is 5.38. The summed E-state index contributed by atoms with van der Waals surface area (Å²) < 4.78 is 33.4. The Bertz CT molecular complexity index is 1250. The number of rotatable bonds is 8. The minimum Gasteiger partial charge on any atom is -0.496 e. The molecule has 3 aromatic carbocycles. The molecule has 0 aliphatic heterocycles. The molecule has 6 nitrogen and oxygen atoms in total. The lowest BCUT2D eigenvalue weighted by Gasteiger charge is -2.26. The van der Waals surface area contributed by atoms with Gasteiger partial charge in [-0.15, -0.1) is 0 Å². The van der Waals surface area contributed by atoms with Gasteiger partial charge in [-0.2, -0.15) is 0 Å². The fraction of sp³-hybridized carbons (Fsp3) is 0.208. The summed E-state index contributed by atoms with van der Waals surface area (Å²) in [5.74, 6) is 0.104. The summed E-state index contributed by atoms with van der Waals surface area (Å²) >= 11 is 12.4. The monoisotopic (exact) mass is 506 g/mol. The number of nitrogens with one attached hydrogen (secondary N) is 1. The summed E-state index contributed by atoms with van der Waals surface area (Å²) in [5.41, 5.74) is 1.79. The fourth-order valence-electron chi connectivity index (χ4n) is 3.33. The highest BCUT2D eigenvalue weighted by atomic mass is 35.5. The number of ether oxygens (including phenoxy) is 1. The quantitative estimate of drug-likeness (QED) is 0.444. The number of anilines is 1. The second-order valence-corrected chi connectivity index (χ2v) is 10.2. The first-order chi connectivity index (χ1) is 15.6. The van der Waals surface area contributed by atoms with E-state index in [9.17, 15) is 13.2 Å². The largest absolute Gasteiger partial charge is 0.496 e. The molecular formula is C24H24Cl2N2O4S. The first-order valence-corrected chi connectivity index (χ1v) is 12.3. The van der Waals surface area contributed by atoms with Gasteiger partial charge in [0.05, 0.1) is 28.8 Å². The van der Waals surface area contributed by atoms with E-state index >= 15 is 0 Å². The average molecular weight is 507 g/mol. The number of carbonyl (C=O) groups is 1. The SMILES string of the molecule is COc1ccccc1C(C)NC(=O)CN(c1cc(Cl)ccc1Cl)S(=O)(=O)c1ccc(C)cc1. The average Bonchev–Trinajstić information content (AvgIpc) is 2.79. The summed E-state index contributed by atoms with van der Waals surface area (Å²) in [6.45, 7) is 3.16. The van der Waals surface area contributed by atoms with Crippen LogP contribution in [0.25, 0.3) is 0 Å². The van der Waals surface area contributed by atoms with Crippen LogP contribution in [0.5, 0.6) is 5.75 Å². The van der Waals surface area contributed by atoms with Crippen LogP contribution >= 0.6 is 23.2 Å². The second kappa shape index (κ2) is 10.5. The second-order valence-electron chi connectivity index (χ2n) is 7.45. The van der Waals surface area contributed by atoms with Gasteiger partial charge in [-0.25, -0.2) is 8.42 Å². The van der Waals surface area contributed by atoms with Crippen molar-refractivity contribution in [2.75, 3.05) is 18.0 Å². The Morgan fingerprint density at radius 3 is 2.39 bits per heavy atom. The molecular weight excluding hydrogens is 483 g/mol. The van der Waals surface area contributed by atoms with E-state index in [1.807, 2.05) is 25.1 Å². The third kappa shape index (κ3) is 5.79. The maximum atomic E-state index is 13.5. The van der Waals surface area contributed by atoms with Gasteiger partial charge in [0.2, 0.25) is 5.91 Å². The highest BCUT2D eigenvalue weighted by molar-refractivity contribution is 7.92. The van der Waals surface area contributed by atoms with Crippen LogP contribution in [0.15, 0.2) is 71.6 Å². The van der Waals surface area contributed by atoms with Crippen molar-refractivity contribution >= 4 is 44.8 Å². The predicted molar refractivity (Wildman–Crippen MR) is 132 cm³/mol. The van der Waals surface area contributed by atoms with Gasteiger partial charge in [-0.05, 0) is 50.2 Å². The zero-order valence-corrected chi connectivity index (χ0v) is 20.7. The molecule has 9 heteroatoms. The molecule has 0 heterocycles. The van der Waals surface area contributed by atoms with E-state index in [0.29, 0.717) is 10.8 Å². The van der Waals surface area contributed by atoms with Crippen molar-refractivity contribution in [2.24, 2.45) is 0 Å². The number of carbonyl (C=O) groups excluding carboxylic acids is 1. The molecule has 1 N–H and O–H groups in total. The number of para-hydroxylation sites is 1. The molecule has 1 amide bonds. The van der Waals surface area contributed by atoms with Gasteiger partial charge in [0.15, 0.2) is 0 Å². The van der Waals surface area contributed by atoms with E-state index in [-0.39, 0.29) is 15.6 Å². The first-order valence-electron chi connectivity index (χ1n) is 10.1. The van der Waals surface area contributed by atoms with Gasteiger partial charge in [0, 0.05) is 10.6 Å². The molecule has 1 unspecified atom stereocenters. The van der Waals surface area contributed by atoms with Crippen LogP contribution in [-0.4, -0.2) is 28.0 Å². The van der Waals surface area contributed by atoms with E-state index < -0.39 is 28.5 Å². The summed E-state index contributed by atoms with van der Waals surface area (Å²) in [5, 5.41) is 3.28. The third-order valence-electron chi connectivity index (χ3n) is 5.06. The van der Waals surface area contributed by atoms with Crippen LogP contribution in [0.4, 0.5) is 5.69 Å². The molecule has 0 spiro atoms. The van der Waals surface area contributed by atoms with Gasteiger partial charge in [-0.3, -0.25) is 9.10 Å². The molecule has 3 rings (SSSR count). The van der Waals surface area contributed by atoms with Crippen LogP contribution in [0.3, 0.4) is 0 Å². The summed E-state index contributed by atoms with van der Waals surface area (Å²) in [4.78, 5) is 13.0. The van der Waals surface area contributed by atoms with Crippen molar-refractivity contribution < 1.29 is 17.9 Å². The Morgan fingerprint density at radius 2 is 1.73 bits per heavy atom. The maximum absolute atomic E-state index is 13.5. The Labute approximate surface area is 204 Å². The number of aryl methyl sites for hydroxylation is 1. The Hall–Kier alpha value is -2.74. The fourth-order valence-corrected chi connectivity index (χ4v) is 5.20. The lowest BCUT2D eigenvalue weighted by Crippen LogP contribution is -2.41. The lowest BCUT2D eigenvalue weighted by atomic mass is 10.1. The minimum absolute atomic E-state index is 0.0368. The zero-order chi connectivity index (χ0) is 24.2. The van der Waals surface area contributed by atoms with Crippen LogP contribution in [0, 0.1) is 6.92 Å². The van der Waals surface area contributed by atoms with Crippen molar-refractivity contribution in [2.45, 2.75) is 24.8 Å². The van der Waals surface area contributed by atoms with Crippen LogP contribution in [0.2, 0.25) is 10.0 Å². The number of halogens is 2. The van der Waals surface area contributed by atoms with E-state index in [1.54, 1.807) is 38.3 Å². The number of methoxy groups -OCH3 is 1. The molecule has 0 radical (unpaired) electrons. The molecule has 3 aromatic rings. The molecule has 0 aromatic heterocycles. The Kier molecular flexibility index (Phi) is 7.89. The maximum Gasteiger partial charge on any atom is 0.264 e. The standard InChI is InChI=1S/C24H24Cl2N2O4S/c1-16-8-11-19(12-9-16)33(30,31)28(22-14-18(25)10-13-21(22)26)15-24(29)27-17(2)20-6-4-5-7-23(20)32-3/h4-14,17H,15H2,1-3H3,(H,27,29). The molecule has 33 heavy (non-hydrogen) atoms. The van der Waals surface area contributed by atoms with Crippen LogP contribution in [-0.2, 0) is 14.8 Å². The highest BCUT2D eigenvalue weighted by Gasteiger charge is 2.29. The number of sulfonamides is 1. The van der Waals surface area contributed by atoms with Crippen LogP contribution in [0.1, 0.15) is 24.1 Å². The Morgan fingerprint density at radius 1 is 1.06 bits per heavy atom. The van der Waals surface area contributed by atoms with Gasteiger partial charge in [0.1, 0.15) is 12.3 Å².